The molecule has 0 aliphatic carbocycles. The van der Waals surface area contributed by atoms with Gasteiger partial charge in [0.25, 0.3) is 5.91 Å². The van der Waals surface area contributed by atoms with Crippen LogP contribution in [0.15, 0.2) is 42.5 Å². The molecule has 0 bridgehead atoms. The van der Waals surface area contributed by atoms with Crippen LogP contribution in [0.25, 0.3) is 0 Å². The third kappa shape index (κ3) is 5.15. The first-order chi connectivity index (χ1) is 15.3. The molecule has 0 radical (unpaired) electrons. The lowest BCUT2D eigenvalue weighted by molar-refractivity contribution is -0.121. The van der Waals surface area contributed by atoms with Crippen molar-refractivity contribution in [2.75, 3.05) is 37.7 Å². The lowest BCUT2D eigenvalue weighted by atomic mass is 10.0. The zero-order valence-corrected chi connectivity index (χ0v) is 18.9. The molecule has 0 spiro atoms. The lowest BCUT2D eigenvalue weighted by Crippen LogP contribution is -2.41. The Labute approximate surface area is 188 Å². The highest BCUT2D eigenvalue weighted by Gasteiger charge is 2.29. The standard InChI is InChI=1S/C25H30N2O5/c1-25(2,3)32-24(29)26-11-9-18-15-21-22(16-19(18)10-12-26)31-17-23(28)27(21)13-14-30-20-7-5-4-6-8-20/h4-8,15-16H,9-14,17H2,1-3H3. The van der Waals surface area contributed by atoms with Gasteiger partial charge in [0.05, 0.1) is 12.2 Å². The molecule has 32 heavy (non-hydrogen) atoms. The van der Waals surface area contributed by atoms with Crippen molar-refractivity contribution in [3.8, 4) is 11.5 Å². The summed E-state index contributed by atoms with van der Waals surface area (Å²) in [4.78, 5) is 28.6. The van der Waals surface area contributed by atoms with Crippen molar-refractivity contribution < 1.29 is 23.8 Å². The molecule has 0 fully saturated rings. The number of carbonyl (C=O) groups excluding carboxylic acids is 2. The SMILES string of the molecule is CC(C)(C)OC(=O)N1CCc2cc3c(cc2CC1)N(CCOc1ccccc1)C(=O)CO3. The lowest BCUT2D eigenvalue weighted by Gasteiger charge is -2.30. The summed E-state index contributed by atoms with van der Waals surface area (Å²) in [5.41, 5.74) is 2.51. The number of amides is 2. The molecule has 7 nitrogen and oxygen atoms in total. The van der Waals surface area contributed by atoms with Gasteiger partial charge in [0, 0.05) is 13.1 Å². The number of hydrogen-bond donors (Lipinski definition) is 0. The van der Waals surface area contributed by atoms with Crippen LogP contribution in [-0.4, -0.2) is 55.3 Å². The predicted molar refractivity (Wildman–Crippen MR) is 121 cm³/mol. The maximum Gasteiger partial charge on any atom is 0.410 e. The normalized spacial score (nSPS) is 15.9. The fraction of sp³-hybridized carbons (Fsp3) is 0.440. The van der Waals surface area contributed by atoms with Gasteiger partial charge in [-0.15, -0.1) is 0 Å². The number of rotatable bonds is 4. The van der Waals surface area contributed by atoms with E-state index in [4.69, 9.17) is 14.2 Å². The van der Waals surface area contributed by atoms with Crippen LogP contribution in [0.2, 0.25) is 0 Å². The van der Waals surface area contributed by atoms with Gasteiger partial charge in [0.15, 0.2) is 6.61 Å². The van der Waals surface area contributed by atoms with E-state index >= 15 is 0 Å². The Bertz CT molecular complexity index is 984. The Balaban J connectivity index is 1.47. The molecule has 4 rings (SSSR count). The van der Waals surface area contributed by atoms with Gasteiger partial charge in [-0.05, 0) is 69.0 Å². The minimum Gasteiger partial charge on any atom is -0.492 e. The van der Waals surface area contributed by atoms with Crippen molar-refractivity contribution in [2.24, 2.45) is 0 Å². The summed E-state index contributed by atoms with van der Waals surface area (Å²) in [7, 11) is 0. The summed E-state index contributed by atoms with van der Waals surface area (Å²) in [6.45, 7) is 7.62. The van der Waals surface area contributed by atoms with E-state index in [2.05, 4.69) is 0 Å². The third-order valence-corrected chi connectivity index (χ3v) is 5.50. The van der Waals surface area contributed by atoms with Crippen LogP contribution < -0.4 is 14.4 Å². The number of hydrogen-bond acceptors (Lipinski definition) is 5. The highest BCUT2D eigenvalue weighted by atomic mass is 16.6. The summed E-state index contributed by atoms with van der Waals surface area (Å²) in [5.74, 6) is 1.39. The fourth-order valence-corrected chi connectivity index (χ4v) is 3.95. The number of carbonyl (C=O) groups is 2. The van der Waals surface area contributed by atoms with Gasteiger partial charge in [-0.2, -0.15) is 0 Å². The molecule has 2 heterocycles. The van der Waals surface area contributed by atoms with Crippen LogP contribution in [0.5, 0.6) is 11.5 Å². The Morgan fingerprint density at radius 1 is 1.06 bits per heavy atom. The van der Waals surface area contributed by atoms with Gasteiger partial charge < -0.3 is 24.0 Å². The maximum atomic E-state index is 12.6. The van der Waals surface area contributed by atoms with Gasteiger partial charge in [-0.1, -0.05) is 18.2 Å². The summed E-state index contributed by atoms with van der Waals surface area (Å²) in [6, 6.07) is 13.6. The molecule has 2 amide bonds. The van der Waals surface area contributed by atoms with Gasteiger partial charge in [-0.25, -0.2) is 4.79 Å². The van der Waals surface area contributed by atoms with Crippen LogP contribution in [0.1, 0.15) is 31.9 Å². The average molecular weight is 439 g/mol. The van der Waals surface area contributed by atoms with Crippen molar-refractivity contribution in [3.05, 3.63) is 53.6 Å². The summed E-state index contributed by atoms with van der Waals surface area (Å²) < 4.78 is 17.1. The van der Waals surface area contributed by atoms with Crippen LogP contribution in [-0.2, 0) is 22.4 Å². The quantitative estimate of drug-likeness (QED) is 0.726. The molecule has 2 aliphatic rings. The van der Waals surface area contributed by atoms with Crippen molar-refractivity contribution in [3.63, 3.8) is 0 Å². The number of para-hydroxylation sites is 1. The molecular weight excluding hydrogens is 408 g/mol. The first-order valence-corrected chi connectivity index (χ1v) is 11.0. The average Bonchev–Trinajstić information content (AvgIpc) is 2.96. The predicted octanol–water partition coefficient (Wildman–Crippen LogP) is 3.83. The molecule has 0 saturated carbocycles. The fourth-order valence-electron chi connectivity index (χ4n) is 3.95. The van der Waals surface area contributed by atoms with Gasteiger partial charge in [0.1, 0.15) is 23.7 Å². The van der Waals surface area contributed by atoms with Crippen molar-refractivity contribution >= 4 is 17.7 Å². The Morgan fingerprint density at radius 3 is 2.44 bits per heavy atom. The summed E-state index contributed by atoms with van der Waals surface area (Å²) >= 11 is 0. The second-order valence-electron chi connectivity index (χ2n) is 9.05. The molecule has 2 aliphatic heterocycles. The first-order valence-electron chi connectivity index (χ1n) is 11.0. The summed E-state index contributed by atoms with van der Waals surface area (Å²) in [5, 5.41) is 0. The molecule has 2 aromatic rings. The van der Waals surface area contributed by atoms with E-state index in [1.807, 2.05) is 63.2 Å². The van der Waals surface area contributed by atoms with E-state index in [1.54, 1.807) is 9.80 Å². The highest BCUT2D eigenvalue weighted by Crippen LogP contribution is 2.36. The molecule has 170 valence electrons. The van der Waals surface area contributed by atoms with Crippen molar-refractivity contribution in [1.82, 2.24) is 4.90 Å². The Hall–Kier alpha value is -3.22. The molecular formula is C25H30N2O5. The molecule has 0 N–H and O–H groups in total. The van der Waals surface area contributed by atoms with Gasteiger partial charge in [0.2, 0.25) is 0 Å². The van der Waals surface area contributed by atoms with E-state index in [9.17, 15) is 9.59 Å². The van der Waals surface area contributed by atoms with E-state index < -0.39 is 5.60 Å². The van der Waals surface area contributed by atoms with Gasteiger partial charge >= 0.3 is 6.09 Å². The van der Waals surface area contributed by atoms with E-state index in [-0.39, 0.29) is 18.6 Å². The Morgan fingerprint density at radius 2 is 1.75 bits per heavy atom. The van der Waals surface area contributed by atoms with E-state index in [0.717, 1.165) is 29.0 Å². The highest BCUT2D eigenvalue weighted by molar-refractivity contribution is 5.98. The molecule has 0 saturated heterocycles. The topological polar surface area (TPSA) is 68.3 Å². The van der Waals surface area contributed by atoms with Gasteiger partial charge in [-0.3, -0.25) is 4.79 Å². The van der Waals surface area contributed by atoms with Crippen LogP contribution in [0.3, 0.4) is 0 Å². The number of fused-ring (bicyclic) bond motifs is 2. The largest absolute Gasteiger partial charge is 0.492 e. The number of benzene rings is 2. The van der Waals surface area contributed by atoms with Crippen LogP contribution in [0, 0.1) is 0 Å². The minimum absolute atomic E-state index is 0.0150. The Kier molecular flexibility index (Phi) is 6.26. The number of nitrogens with zero attached hydrogens (tertiary/aromatic N) is 2. The number of anilines is 1. The molecule has 0 aromatic heterocycles. The smallest absolute Gasteiger partial charge is 0.410 e. The molecule has 7 heteroatoms. The number of ether oxygens (including phenoxy) is 3. The first kappa shape index (κ1) is 22.0. The second-order valence-corrected chi connectivity index (χ2v) is 9.05. The van der Waals surface area contributed by atoms with Crippen LogP contribution >= 0.6 is 0 Å². The maximum absolute atomic E-state index is 12.6. The van der Waals surface area contributed by atoms with E-state index in [1.165, 1.54) is 0 Å². The molecule has 0 atom stereocenters. The van der Waals surface area contributed by atoms with E-state index in [0.29, 0.717) is 38.4 Å². The second kappa shape index (κ2) is 9.10. The summed E-state index contributed by atoms with van der Waals surface area (Å²) in [6.07, 6.45) is 1.13. The van der Waals surface area contributed by atoms with Crippen molar-refractivity contribution in [1.29, 1.82) is 0 Å². The zero-order chi connectivity index (χ0) is 22.7. The molecule has 0 unspecified atom stereocenters. The zero-order valence-electron chi connectivity index (χ0n) is 18.9. The minimum atomic E-state index is -0.522. The molecule has 2 aromatic carbocycles. The van der Waals surface area contributed by atoms with Crippen LogP contribution in [0.4, 0.5) is 10.5 Å². The monoisotopic (exact) mass is 438 g/mol. The van der Waals surface area contributed by atoms with Crippen molar-refractivity contribution in [2.45, 2.75) is 39.2 Å². The third-order valence-electron chi connectivity index (χ3n) is 5.50.